The van der Waals surface area contributed by atoms with Crippen molar-refractivity contribution >= 4 is 5.97 Å². The third kappa shape index (κ3) is 6.86. The molecule has 0 bridgehead atoms. The predicted octanol–water partition coefficient (Wildman–Crippen LogP) is 0.676. The monoisotopic (exact) mass is 203 g/mol. The fourth-order valence-corrected chi connectivity index (χ4v) is 0.822. The maximum absolute atomic E-state index is 11.2. The van der Waals surface area contributed by atoms with Crippen LogP contribution in [-0.4, -0.2) is 30.3 Å². The van der Waals surface area contributed by atoms with E-state index in [0.29, 0.717) is 6.61 Å². The molecule has 0 aromatic heterocycles. The fraction of sp³-hybridized carbons (Fsp3) is 0.900. The number of nitrogens with two attached hydrogens (primary N) is 1. The zero-order valence-corrected chi connectivity index (χ0v) is 9.25. The average molecular weight is 203 g/mol. The summed E-state index contributed by atoms with van der Waals surface area (Å²) in [5, 5.41) is 8.55. The Morgan fingerprint density at radius 3 is 2.50 bits per heavy atom. The molecule has 0 aliphatic heterocycles. The van der Waals surface area contributed by atoms with Crippen molar-refractivity contribution in [1.29, 1.82) is 0 Å². The van der Waals surface area contributed by atoms with Gasteiger partial charge in [0.1, 0.15) is 6.04 Å². The van der Waals surface area contributed by atoms with Gasteiger partial charge >= 0.3 is 5.97 Å². The lowest BCUT2D eigenvalue weighted by atomic mass is 9.93. The van der Waals surface area contributed by atoms with Gasteiger partial charge in [-0.15, -0.1) is 0 Å². The van der Waals surface area contributed by atoms with Crippen LogP contribution in [0.2, 0.25) is 0 Å². The predicted molar refractivity (Wildman–Crippen MR) is 54.7 cm³/mol. The van der Waals surface area contributed by atoms with E-state index >= 15 is 0 Å². The van der Waals surface area contributed by atoms with Crippen LogP contribution in [0, 0.1) is 5.41 Å². The molecule has 0 unspecified atom stereocenters. The van der Waals surface area contributed by atoms with E-state index in [4.69, 9.17) is 15.6 Å². The largest absolute Gasteiger partial charge is 0.465 e. The van der Waals surface area contributed by atoms with Crippen molar-refractivity contribution in [1.82, 2.24) is 0 Å². The molecule has 0 saturated carbocycles. The third-order valence-electron chi connectivity index (χ3n) is 1.84. The van der Waals surface area contributed by atoms with Gasteiger partial charge in [-0.1, -0.05) is 20.8 Å². The van der Waals surface area contributed by atoms with Gasteiger partial charge in [-0.05, 0) is 18.3 Å². The molecule has 0 radical (unpaired) electrons. The average Bonchev–Trinajstić information content (AvgIpc) is 2.02. The minimum atomic E-state index is -0.694. The summed E-state index contributed by atoms with van der Waals surface area (Å²) in [6.45, 7) is 6.54. The summed E-state index contributed by atoms with van der Waals surface area (Å²) >= 11 is 0. The summed E-state index contributed by atoms with van der Waals surface area (Å²) in [6, 6.07) is -0.694. The normalized spacial score (nSPS) is 13.8. The van der Waals surface area contributed by atoms with Gasteiger partial charge < -0.3 is 15.6 Å². The molecule has 0 aliphatic rings. The van der Waals surface area contributed by atoms with E-state index in [0.717, 1.165) is 6.42 Å². The first-order valence-electron chi connectivity index (χ1n) is 4.90. The Kier molecular flexibility index (Phi) is 5.72. The van der Waals surface area contributed by atoms with Crippen LogP contribution >= 0.6 is 0 Å². The molecule has 0 rings (SSSR count). The topological polar surface area (TPSA) is 72.5 Å². The number of hydrogen-bond donors (Lipinski definition) is 2. The maximum Gasteiger partial charge on any atom is 0.322 e. The number of rotatable bonds is 5. The van der Waals surface area contributed by atoms with Gasteiger partial charge in [-0.3, -0.25) is 4.79 Å². The van der Waals surface area contributed by atoms with Crippen LogP contribution in [0.1, 0.15) is 33.6 Å². The molecule has 0 saturated heterocycles. The van der Waals surface area contributed by atoms with E-state index in [-0.39, 0.29) is 18.4 Å². The smallest absolute Gasteiger partial charge is 0.322 e. The number of ether oxygens (including phenoxy) is 1. The van der Waals surface area contributed by atoms with Gasteiger partial charge in [0.25, 0.3) is 0 Å². The standard InChI is InChI=1S/C10H21NO3/c1-10(2,3)5-7-14-9(13)8(11)4-6-12/h8,12H,4-7,11H2,1-3H3/t8-/m1/s1. The zero-order valence-electron chi connectivity index (χ0n) is 9.25. The number of esters is 1. The number of hydrogen-bond acceptors (Lipinski definition) is 4. The van der Waals surface area contributed by atoms with Gasteiger partial charge in [0.05, 0.1) is 6.61 Å². The molecule has 4 heteroatoms. The van der Waals surface area contributed by atoms with Crippen LogP contribution in [0.15, 0.2) is 0 Å². The maximum atomic E-state index is 11.2. The van der Waals surface area contributed by atoms with Crippen molar-refractivity contribution in [3.05, 3.63) is 0 Å². The van der Waals surface area contributed by atoms with Crippen LogP contribution in [0.3, 0.4) is 0 Å². The van der Waals surface area contributed by atoms with E-state index in [1.165, 1.54) is 0 Å². The Balaban J connectivity index is 3.64. The highest BCUT2D eigenvalue weighted by Crippen LogP contribution is 2.17. The van der Waals surface area contributed by atoms with Crippen LogP contribution < -0.4 is 5.73 Å². The van der Waals surface area contributed by atoms with Gasteiger partial charge in [0, 0.05) is 6.61 Å². The second-order valence-electron chi connectivity index (χ2n) is 4.60. The molecule has 1 atom stereocenters. The lowest BCUT2D eigenvalue weighted by Gasteiger charge is -2.18. The summed E-state index contributed by atoms with van der Waals surface area (Å²) in [6.07, 6.45) is 1.07. The zero-order chi connectivity index (χ0) is 11.2. The van der Waals surface area contributed by atoms with Crippen molar-refractivity contribution in [3.63, 3.8) is 0 Å². The number of aliphatic hydroxyl groups excluding tert-OH is 1. The lowest BCUT2D eigenvalue weighted by molar-refractivity contribution is -0.146. The minimum Gasteiger partial charge on any atom is -0.465 e. The van der Waals surface area contributed by atoms with Crippen LogP contribution in [0.5, 0.6) is 0 Å². The number of aliphatic hydroxyl groups is 1. The van der Waals surface area contributed by atoms with Crippen LogP contribution in [0.25, 0.3) is 0 Å². The third-order valence-corrected chi connectivity index (χ3v) is 1.84. The Bertz CT molecular complexity index is 175. The summed E-state index contributed by atoms with van der Waals surface area (Å²) in [7, 11) is 0. The van der Waals surface area contributed by atoms with Crippen molar-refractivity contribution in [2.24, 2.45) is 11.1 Å². The second kappa shape index (κ2) is 5.98. The van der Waals surface area contributed by atoms with Crippen LogP contribution in [0.4, 0.5) is 0 Å². The first-order valence-corrected chi connectivity index (χ1v) is 4.90. The molecule has 0 fully saturated rings. The van der Waals surface area contributed by atoms with Crippen LogP contribution in [-0.2, 0) is 9.53 Å². The molecule has 0 heterocycles. The van der Waals surface area contributed by atoms with E-state index in [2.05, 4.69) is 20.8 Å². The SMILES string of the molecule is CC(C)(C)CCOC(=O)[C@H](N)CCO. The van der Waals surface area contributed by atoms with Gasteiger partial charge in [-0.25, -0.2) is 0 Å². The Hall–Kier alpha value is -0.610. The van der Waals surface area contributed by atoms with Crippen molar-refractivity contribution in [3.8, 4) is 0 Å². The molecule has 4 nitrogen and oxygen atoms in total. The summed E-state index contributed by atoms with van der Waals surface area (Å²) in [4.78, 5) is 11.2. The Morgan fingerprint density at radius 2 is 2.07 bits per heavy atom. The summed E-state index contributed by atoms with van der Waals surface area (Å²) < 4.78 is 4.96. The van der Waals surface area contributed by atoms with E-state index < -0.39 is 12.0 Å². The number of carbonyl (C=O) groups is 1. The highest BCUT2D eigenvalue weighted by Gasteiger charge is 2.16. The van der Waals surface area contributed by atoms with Crippen molar-refractivity contribution in [2.45, 2.75) is 39.7 Å². The molecule has 3 N–H and O–H groups in total. The molecule has 84 valence electrons. The molecular weight excluding hydrogens is 182 g/mol. The quantitative estimate of drug-likeness (QED) is 0.644. The summed E-state index contributed by atoms with van der Waals surface area (Å²) in [5.74, 6) is -0.427. The Labute approximate surface area is 85.4 Å². The first-order chi connectivity index (χ1) is 6.37. The first kappa shape index (κ1) is 13.4. The van der Waals surface area contributed by atoms with E-state index in [1.54, 1.807) is 0 Å². The summed E-state index contributed by atoms with van der Waals surface area (Å²) in [5.41, 5.74) is 5.60. The minimum absolute atomic E-state index is 0.0878. The second-order valence-corrected chi connectivity index (χ2v) is 4.60. The molecule has 0 amide bonds. The molecule has 0 aromatic carbocycles. The molecule has 0 aliphatic carbocycles. The molecular formula is C10H21NO3. The number of carbonyl (C=O) groups excluding carboxylic acids is 1. The highest BCUT2D eigenvalue weighted by atomic mass is 16.5. The molecule has 14 heavy (non-hydrogen) atoms. The van der Waals surface area contributed by atoms with Gasteiger partial charge in [0.2, 0.25) is 0 Å². The van der Waals surface area contributed by atoms with E-state index in [9.17, 15) is 4.79 Å². The van der Waals surface area contributed by atoms with Crippen molar-refractivity contribution in [2.75, 3.05) is 13.2 Å². The Morgan fingerprint density at radius 1 is 1.50 bits per heavy atom. The molecule has 0 aromatic rings. The lowest BCUT2D eigenvalue weighted by Crippen LogP contribution is -2.33. The van der Waals surface area contributed by atoms with Crippen molar-refractivity contribution < 1.29 is 14.6 Å². The van der Waals surface area contributed by atoms with Gasteiger partial charge in [-0.2, -0.15) is 0 Å². The molecule has 0 spiro atoms. The highest BCUT2D eigenvalue weighted by molar-refractivity contribution is 5.75. The fourth-order valence-electron chi connectivity index (χ4n) is 0.822. The van der Waals surface area contributed by atoms with Gasteiger partial charge in [0.15, 0.2) is 0 Å². The van der Waals surface area contributed by atoms with E-state index in [1.807, 2.05) is 0 Å².